The van der Waals surface area contributed by atoms with Crippen molar-refractivity contribution in [2.75, 3.05) is 13.2 Å². The van der Waals surface area contributed by atoms with Crippen molar-refractivity contribution in [1.82, 2.24) is 4.90 Å². The maximum absolute atomic E-state index is 11.2. The van der Waals surface area contributed by atoms with Gasteiger partial charge in [-0.15, -0.1) is 0 Å². The first kappa shape index (κ1) is 12.9. The molecule has 0 saturated carbocycles. The van der Waals surface area contributed by atoms with Gasteiger partial charge >= 0.3 is 0 Å². The van der Waals surface area contributed by atoms with Crippen molar-refractivity contribution in [3.05, 3.63) is 28.3 Å². The molecule has 0 aromatic heterocycles. The van der Waals surface area contributed by atoms with Crippen LogP contribution in [0, 0.1) is 0 Å². The average Bonchev–Trinajstić information content (AvgIpc) is 2.87. The van der Waals surface area contributed by atoms with E-state index >= 15 is 0 Å². The van der Waals surface area contributed by atoms with Gasteiger partial charge in [-0.05, 0) is 37.1 Å². The molecule has 4 heteroatoms. The Hall–Kier alpha value is -1.06. The molecule has 0 spiro atoms. The standard InChI is InChI=1S/C15H18ClNO2/c16-13-7-11-4-6-19-15(11)12(8-13)9-17-5-2-1-3-14(17)10-18/h7-8,10,14H,1-6,9H2. The van der Waals surface area contributed by atoms with E-state index in [9.17, 15) is 4.79 Å². The van der Waals surface area contributed by atoms with Gasteiger partial charge in [-0.2, -0.15) is 0 Å². The summed E-state index contributed by atoms with van der Waals surface area (Å²) in [5.41, 5.74) is 2.32. The molecule has 1 atom stereocenters. The molecule has 0 radical (unpaired) electrons. The second kappa shape index (κ2) is 5.51. The van der Waals surface area contributed by atoms with Crippen LogP contribution in [0.15, 0.2) is 12.1 Å². The first-order valence-electron chi connectivity index (χ1n) is 6.91. The molecule has 0 N–H and O–H groups in total. The maximum Gasteiger partial charge on any atom is 0.137 e. The van der Waals surface area contributed by atoms with Crippen LogP contribution < -0.4 is 4.74 Å². The molecule has 2 aliphatic rings. The predicted octanol–water partition coefficient (Wildman–Crippen LogP) is 2.83. The molecular weight excluding hydrogens is 262 g/mol. The van der Waals surface area contributed by atoms with Crippen molar-refractivity contribution < 1.29 is 9.53 Å². The summed E-state index contributed by atoms with van der Waals surface area (Å²) < 4.78 is 5.72. The number of hydrogen-bond donors (Lipinski definition) is 0. The van der Waals surface area contributed by atoms with Crippen molar-refractivity contribution in [2.24, 2.45) is 0 Å². The largest absolute Gasteiger partial charge is 0.493 e. The van der Waals surface area contributed by atoms with E-state index in [-0.39, 0.29) is 6.04 Å². The molecule has 2 aliphatic heterocycles. The van der Waals surface area contributed by atoms with E-state index < -0.39 is 0 Å². The van der Waals surface area contributed by atoms with Crippen LogP contribution in [0.2, 0.25) is 5.02 Å². The van der Waals surface area contributed by atoms with Crippen LogP contribution in [0.5, 0.6) is 5.75 Å². The Morgan fingerprint density at radius 1 is 1.42 bits per heavy atom. The van der Waals surface area contributed by atoms with Crippen LogP contribution in [0.25, 0.3) is 0 Å². The lowest BCUT2D eigenvalue weighted by molar-refractivity contribution is -0.113. The molecule has 102 valence electrons. The van der Waals surface area contributed by atoms with Crippen molar-refractivity contribution in [1.29, 1.82) is 0 Å². The number of piperidine rings is 1. The molecule has 1 aromatic carbocycles. The summed E-state index contributed by atoms with van der Waals surface area (Å²) >= 11 is 6.17. The molecule has 1 saturated heterocycles. The van der Waals surface area contributed by atoms with Gasteiger partial charge in [0.1, 0.15) is 12.0 Å². The molecule has 19 heavy (non-hydrogen) atoms. The summed E-state index contributed by atoms with van der Waals surface area (Å²) in [6.45, 7) is 2.47. The Morgan fingerprint density at radius 3 is 3.16 bits per heavy atom. The minimum Gasteiger partial charge on any atom is -0.493 e. The van der Waals surface area contributed by atoms with Gasteiger partial charge in [0.25, 0.3) is 0 Å². The Kier molecular flexibility index (Phi) is 3.76. The predicted molar refractivity (Wildman–Crippen MR) is 74.8 cm³/mol. The lowest BCUT2D eigenvalue weighted by Crippen LogP contribution is -2.39. The normalized spacial score (nSPS) is 22.9. The molecule has 0 bridgehead atoms. The summed E-state index contributed by atoms with van der Waals surface area (Å²) in [6.07, 6.45) is 5.27. The summed E-state index contributed by atoms with van der Waals surface area (Å²) in [5, 5.41) is 0.763. The van der Waals surface area contributed by atoms with E-state index in [1.807, 2.05) is 12.1 Å². The number of nitrogens with zero attached hydrogens (tertiary/aromatic N) is 1. The second-order valence-corrected chi connectivity index (χ2v) is 5.76. The van der Waals surface area contributed by atoms with Crippen LogP contribution in [-0.2, 0) is 17.8 Å². The number of benzene rings is 1. The van der Waals surface area contributed by atoms with Gasteiger partial charge in [0.05, 0.1) is 12.6 Å². The smallest absolute Gasteiger partial charge is 0.137 e. The van der Waals surface area contributed by atoms with Gasteiger partial charge in [-0.3, -0.25) is 4.90 Å². The summed E-state index contributed by atoms with van der Waals surface area (Å²) in [7, 11) is 0. The SMILES string of the molecule is O=CC1CCCCN1Cc1cc(Cl)cc2c1OCC2. The highest BCUT2D eigenvalue weighted by atomic mass is 35.5. The van der Waals surface area contributed by atoms with E-state index in [1.54, 1.807) is 0 Å². The van der Waals surface area contributed by atoms with Crippen molar-refractivity contribution >= 4 is 17.9 Å². The van der Waals surface area contributed by atoms with Crippen molar-refractivity contribution in [2.45, 2.75) is 38.3 Å². The molecule has 1 aromatic rings. The third-order valence-corrected chi connectivity index (χ3v) is 4.24. The number of fused-ring (bicyclic) bond motifs is 1. The van der Waals surface area contributed by atoms with Gasteiger partial charge in [-0.25, -0.2) is 0 Å². The van der Waals surface area contributed by atoms with E-state index in [0.29, 0.717) is 0 Å². The average molecular weight is 280 g/mol. The Bertz CT molecular complexity index is 489. The number of hydrogen-bond acceptors (Lipinski definition) is 3. The zero-order valence-corrected chi connectivity index (χ0v) is 11.7. The molecule has 1 fully saturated rings. The van der Waals surface area contributed by atoms with Crippen molar-refractivity contribution in [3.8, 4) is 5.75 Å². The first-order valence-corrected chi connectivity index (χ1v) is 7.29. The number of halogens is 1. The number of rotatable bonds is 3. The quantitative estimate of drug-likeness (QED) is 0.797. The first-order chi connectivity index (χ1) is 9.28. The summed E-state index contributed by atoms with van der Waals surface area (Å²) in [5.74, 6) is 0.986. The highest BCUT2D eigenvalue weighted by molar-refractivity contribution is 6.30. The highest BCUT2D eigenvalue weighted by Crippen LogP contribution is 2.34. The van der Waals surface area contributed by atoms with Crippen LogP contribution in [0.4, 0.5) is 0 Å². The Morgan fingerprint density at radius 2 is 2.32 bits per heavy atom. The van der Waals surface area contributed by atoms with E-state index in [4.69, 9.17) is 16.3 Å². The second-order valence-electron chi connectivity index (χ2n) is 5.32. The fourth-order valence-corrected chi connectivity index (χ4v) is 3.31. The van der Waals surface area contributed by atoms with Gasteiger partial charge in [-0.1, -0.05) is 18.0 Å². The van der Waals surface area contributed by atoms with Gasteiger partial charge in [0.15, 0.2) is 0 Å². The Labute approximate surface area is 118 Å². The maximum atomic E-state index is 11.2. The fraction of sp³-hybridized carbons (Fsp3) is 0.533. The monoisotopic (exact) mass is 279 g/mol. The molecule has 1 unspecified atom stereocenters. The summed E-state index contributed by atoms with van der Waals surface area (Å²) in [4.78, 5) is 13.4. The number of likely N-dealkylation sites (tertiary alicyclic amines) is 1. The topological polar surface area (TPSA) is 29.5 Å². The lowest BCUT2D eigenvalue weighted by Gasteiger charge is -2.32. The zero-order chi connectivity index (χ0) is 13.2. The van der Waals surface area contributed by atoms with E-state index in [1.165, 1.54) is 5.56 Å². The number of carbonyl (C=O) groups excluding carboxylic acids is 1. The van der Waals surface area contributed by atoms with E-state index in [0.717, 1.165) is 68.0 Å². The fourth-order valence-electron chi connectivity index (χ4n) is 3.05. The summed E-state index contributed by atoms with van der Waals surface area (Å²) in [6, 6.07) is 4.01. The van der Waals surface area contributed by atoms with Gasteiger partial charge in [0, 0.05) is 23.6 Å². The molecular formula is C15H18ClNO2. The number of carbonyl (C=O) groups is 1. The number of aldehydes is 1. The van der Waals surface area contributed by atoms with Gasteiger partial charge in [0.2, 0.25) is 0 Å². The molecule has 3 rings (SSSR count). The molecule has 2 heterocycles. The molecule has 0 amide bonds. The zero-order valence-electron chi connectivity index (χ0n) is 10.9. The minimum atomic E-state index is 0.0461. The third kappa shape index (κ3) is 2.63. The van der Waals surface area contributed by atoms with Crippen LogP contribution in [0.3, 0.4) is 0 Å². The van der Waals surface area contributed by atoms with Gasteiger partial charge < -0.3 is 9.53 Å². The van der Waals surface area contributed by atoms with Crippen LogP contribution >= 0.6 is 11.6 Å². The van der Waals surface area contributed by atoms with E-state index in [2.05, 4.69) is 4.90 Å². The Balaban J connectivity index is 1.84. The lowest BCUT2D eigenvalue weighted by atomic mass is 10.0. The van der Waals surface area contributed by atoms with Crippen molar-refractivity contribution in [3.63, 3.8) is 0 Å². The molecule has 3 nitrogen and oxygen atoms in total. The van der Waals surface area contributed by atoms with Crippen LogP contribution in [-0.4, -0.2) is 30.4 Å². The molecule has 0 aliphatic carbocycles. The highest BCUT2D eigenvalue weighted by Gasteiger charge is 2.25. The third-order valence-electron chi connectivity index (χ3n) is 4.02. The van der Waals surface area contributed by atoms with Crippen LogP contribution in [0.1, 0.15) is 30.4 Å². The minimum absolute atomic E-state index is 0.0461. The number of ether oxygens (including phenoxy) is 1.